The number of hydrogen-bond donors (Lipinski definition) is 1. The van der Waals surface area contributed by atoms with Crippen molar-refractivity contribution in [2.45, 2.75) is 51.7 Å². The minimum atomic E-state index is -0.174. The number of furan rings is 1. The van der Waals surface area contributed by atoms with Crippen molar-refractivity contribution in [1.82, 2.24) is 20.1 Å². The molecule has 2 saturated heterocycles. The molecule has 7 nitrogen and oxygen atoms in total. The summed E-state index contributed by atoms with van der Waals surface area (Å²) in [6.07, 6.45) is 5.27. The van der Waals surface area contributed by atoms with Crippen LogP contribution in [0.1, 0.15) is 49.4 Å². The molecule has 0 aliphatic carbocycles. The highest BCUT2D eigenvalue weighted by Gasteiger charge is 2.27. The Morgan fingerprint density at radius 2 is 1.94 bits per heavy atom. The molecule has 7 heteroatoms. The number of anilines is 1. The van der Waals surface area contributed by atoms with Crippen LogP contribution in [0.25, 0.3) is 0 Å². The predicted molar refractivity (Wildman–Crippen MR) is 122 cm³/mol. The van der Waals surface area contributed by atoms with Crippen LogP contribution < -0.4 is 10.2 Å². The number of rotatable bonds is 6. The second-order valence-electron chi connectivity index (χ2n) is 8.88. The zero-order chi connectivity index (χ0) is 21.6. The Labute approximate surface area is 185 Å². The van der Waals surface area contributed by atoms with Crippen molar-refractivity contribution in [2.75, 3.05) is 44.2 Å². The second kappa shape index (κ2) is 10.3. The normalized spacial score (nSPS) is 19.5. The fraction of sp³-hybridized carbons (Fsp3) is 0.583. The highest BCUT2D eigenvalue weighted by atomic mass is 16.3. The maximum Gasteiger partial charge on any atom is 0.270 e. The number of carbonyl (C=O) groups is 1. The van der Waals surface area contributed by atoms with E-state index in [1.54, 1.807) is 12.3 Å². The van der Waals surface area contributed by atoms with Gasteiger partial charge >= 0.3 is 0 Å². The van der Waals surface area contributed by atoms with Gasteiger partial charge in [-0.2, -0.15) is 0 Å². The molecular weight excluding hydrogens is 390 g/mol. The van der Waals surface area contributed by atoms with Gasteiger partial charge in [-0.3, -0.25) is 9.69 Å². The van der Waals surface area contributed by atoms with E-state index in [2.05, 4.69) is 38.8 Å². The smallest absolute Gasteiger partial charge is 0.270 e. The zero-order valence-corrected chi connectivity index (χ0v) is 18.8. The average Bonchev–Trinajstić information content (AvgIpc) is 3.20. The third-order valence-corrected chi connectivity index (χ3v) is 6.57. The van der Waals surface area contributed by atoms with Crippen LogP contribution >= 0.6 is 0 Å². The van der Waals surface area contributed by atoms with E-state index in [0.29, 0.717) is 24.3 Å². The van der Waals surface area contributed by atoms with Gasteiger partial charge in [0.2, 0.25) is 0 Å². The Hall–Kier alpha value is -2.38. The van der Waals surface area contributed by atoms with Crippen molar-refractivity contribution in [2.24, 2.45) is 0 Å². The van der Waals surface area contributed by atoms with E-state index >= 15 is 0 Å². The van der Waals surface area contributed by atoms with Gasteiger partial charge in [0.05, 0.1) is 12.8 Å². The first-order valence-electron chi connectivity index (χ1n) is 11.6. The summed E-state index contributed by atoms with van der Waals surface area (Å²) in [6.45, 7) is 11.5. The number of hydrogen-bond acceptors (Lipinski definition) is 6. The molecule has 0 saturated carbocycles. The molecule has 4 rings (SSSR count). The molecule has 31 heavy (non-hydrogen) atoms. The predicted octanol–water partition coefficient (Wildman–Crippen LogP) is 2.99. The van der Waals surface area contributed by atoms with Gasteiger partial charge in [0, 0.05) is 38.3 Å². The Bertz CT molecular complexity index is 830. The van der Waals surface area contributed by atoms with E-state index in [4.69, 9.17) is 4.42 Å². The highest BCUT2D eigenvalue weighted by Crippen LogP contribution is 2.21. The molecule has 0 unspecified atom stereocenters. The maximum atomic E-state index is 12.5. The Morgan fingerprint density at radius 1 is 1.10 bits per heavy atom. The summed E-state index contributed by atoms with van der Waals surface area (Å²) in [5.74, 6) is 1.45. The van der Waals surface area contributed by atoms with Crippen molar-refractivity contribution in [3.05, 3.63) is 48.0 Å². The quantitative estimate of drug-likeness (QED) is 0.768. The molecule has 0 spiro atoms. The molecule has 1 N–H and O–H groups in total. The highest BCUT2D eigenvalue weighted by molar-refractivity contribution is 5.92. The monoisotopic (exact) mass is 425 g/mol. The SMILES string of the molecule is CC(C)N1CCC(N2CCCN(c3cccc(C(=O)NCc4ccco4)n3)CC2)CC1. The number of nitrogens with zero attached hydrogens (tertiary/aromatic N) is 4. The fourth-order valence-electron chi connectivity index (χ4n) is 4.70. The number of aromatic nitrogens is 1. The van der Waals surface area contributed by atoms with Crippen LogP contribution in [-0.4, -0.2) is 72.0 Å². The summed E-state index contributed by atoms with van der Waals surface area (Å²) >= 11 is 0. The van der Waals surface area contributed by atoms with Gasteiger partial charge in [0.15, 0.2) is 0 Å². The van der Waals surface area contributed by atoms with Crippen molar-refractivity contribution < 1.29 is 9.21 Å². The number of carbonyl (C=O) groups excluding carboxylic acids is 1. The summed E-state index contributed by atoms with van der Waals surface area (Å²) < 4.78 is 5.28. The minimum absolute atomic E-state index is 0.174. The van der Waals surface area contributed by atoms with Crippen LogP contribution in [0.2, 0.25) is 0 Å². The number of pyridine rings is 1. The van der Waals surface area contributed by atoms with Gasteiger partial charge in [0.1, 0.15) is 17.3 Å². The van der Waals surface area contributed by atoms with Crippen LogP contribution in [-0.2, 0) is 6.54 Å². The lowest BCUT2D eigenvalue weighted by molar-refractivity contribution is 0.0943. The fourth-order valence-corrected chi connectivity index (χ4v) is 4.70. The van der Waals surface area contributed by atoms with Crippen LogP contribution in [0, 0.1) is 0 Å². The lowest BCUT2D eigenvalue weighted by Crippen LogP contribution is -2.47. The van der Waals surface area contributed by atoms with E-state index < -0.39 is 0 Å². The van der Waals surface area contributed by atoms with E-state index in [0.717, 1.165) is 44.2 Å². The summed E-state index contributed by atoms with van der Waals surface area (Å²) in [5.41, 5.74) is 0.450. The van der Waals surface area contributed by atoms with Gasteiger partial charge in [0.25, 0.3) is 5.91 Å². The van der Waals surface area contributed by atoms with E-state index in [9.17, 15) is 4.79 Å². The lowest BCUT2D eigenvalue weighted by atomic mass is 10.0. The minimum Gasteiger partial charge on any atom is -0.467 e. The van der Waals surface area contributed by atoms with E-state index in [1.807, 2.05) is 24.3 Å². The van der Waals surface area contributed by atoms with Gasteiger partial charge < -0.3 is 19.5 Å². The van der Waals surface area contributed by atoms with E-state index in [-0.39, 0.29) is 5.91 Å². The molecule has 0 bridgehead atoms. The van der Waals surface area contributed by atoms with Gasteiger partial charge in [-0.05, 0) is 70.5 Å². The molecule has 0 atom stereocenters. The number of nitrogens with one attached hydrogen (secondary N) is 1. The first-order valence-corrected chi connectivity index (χ1v) is 11.6. The van der Waals surface area contributed by atoms with E-state index in [1.165, 1.54) is 25.9 Å². The van der Waals surface area contributed by atoms with Crippen molar-refractivity contribution in [3.63, 3.8) is 0 Å². The van der Waals surface area contributed by atoms with Crippen molar-refractivity contribution in [3.8, 4) is 0 Å². The first kappa shape index (κ1) is 21.8. The Kier molecular flexibility index (Phi) is 7.25. The molecular formula is C24H35N5O2. The Balaban J connectivity index is 1.32. The van der Waals surface area contributed by atoms with Crippen LogP contribution in [0.3, 0.4) is 0 Å². The first-order chi connectivity index (χ1) is 15.1. The molecule has 168 valence electrons. The molecule has 0 radical (unpaired) electrons. The van der Waals surface area contributed by atoms with Crippen LogP contribution in [0.4, 0.5) is 5.82 Å². The Morgan fingerprint density at radius 3 is 2.68 bits per heavy atom. The van der Waals surface area contributed by atoms with Crippen molar-refractivity contribution >= 4 is 11.7 Å². The molecule has 2 aliphatic heterocycles. The summed E-state index contributed by atoms with van der Waals surface area (Å²) in [7, 11) is 0. The third kappa shape index (κ3) is 5.66. The maximum absolute atomic E-state index is 12.5. The van der Waals surface area contributed by atoms with Gasteiger partial charge in [-0.15, -0.1) is 0 Å². The molecule has 2 aromatic heterocycles. The summed E-state index contributed by atoms with van der Waals surface area (Å²) in [6, 6.07) is 10.7. The number of piperidine rings is 1. The average molecular weight is 426 g/mol. The topological polar surface area (TPSA) is 64.8 Å². The largest absolute Gasteiger partial charge is 0.467 e. The van der Waals surface area contributed by atoms with Gasteiger partial charge in [-0.1, -0.05) is 6.07 Å². The van der Waals surface area contributed by atoms with Gasteiger partial charge in [-0.25, -0.2) is 4.98 Å². The van der Waals surface area contributed by atoms with Crippen LogP contribution in [0.5, 0.6) is 0 Å². The second-order valence-corrected chi connectivity index (χ2v) is 8.88. The zero-order valence-electron chi connectivity index (χ0n) is 18.8. The van der Waals surface area contributed by atoms with Crippen LogP contribution in [0.15, 0.2) is 41.0 Å². The third-order valence-electron chi connectivity index (χ3n) is 6.57. The standard InChI is InChI=1S/C24H35N5O2/c1-19(2)27-13-9-20(10-14-27)28-11-5-12-29(16-15-28)23-8-3-7-22(26-23)24(30)25-18-21-6-4-17-31-21/h3-4,6-8,17,19-20H,5,9-16,18H2,1-2H3,(H,25,30). The number of likely N-dealkylation sites (tertiary alicyclic amines) is 1. The summed E-state index contributed by atoms with van der Waals surface area (Å²) in [5, 5.41) is 2.88. The molecule has 2 fully saturated rings. The van der Waals surface area contributed by atoms with Crippen molar-refractivity contribution in [1.29, 1.82) is 0 Å². The molecule has 4 heterocycles. The lowest BCUT2D eigenvalue weighted by Gasteiger charge is -2.39. The molecule has 0 aromatic carbocycles. The molecule has 2 aromatic rings. The molecule has 2 aliphatic rings. The summed E-state index contributed by atoms with van der Waals surface area (Å²) in [4.78, 5) is 24.8. The number of amides is 1. The molecule has 1 amide bonds.